The molecule has 0 saturated heterocycles. The molecule has 3 aromatic carbocycles. The quantitative estimate of drug-likeness (QED) is 0.384. The molecule has 2 atom stereocenters. The molecule has 8 heteroatoms. The normalized spacial score (nSPS) is 17.6. The zero-order valence-corrected chi connectivity index (χ0v) is 22.9. The number of benzene rings is 3. The standard InChI is InChI=1S/C30H33NO6S/c1-5-25-18-31(38(35,36)29-9-7-6-8-28(29)37-25)17-24-15-23(11-10-19(24)2)27(16-30(33)34)26-13-12-22(21(4)32)14-20(26)3/h6-15,25,27H,5,16-18H2,1-4H3,(H,33,34)/t25-,27?/m1/s1. The van der Waals surface area contributed by atoms with Crippen LogP contribution in [0.1, 0.15) is 70.8 Å². The third kappa shape index (κ3) is 5.66. The van der Waals surface area contributed by atoms with Gasteiger partial charge in [0.15, 0.2) is 5.78 Å². The van der Waals surface area contributed by atoms with Gasteiger partial charge in [-0.25, -0.2) is 8.42 Å². The van der Waals surface area contributed by atoms with Gasteiger partial charge < -0.3 is 9.84 Å². The number of carbonyl (C=O) groups is 2. The molecular weight excluding hydrogens is 502 g/mol. The van der Waals surface area contributed by atoms with Crippen LogP contribution in [-0.2, 0) is 21.4 Å². The van der Waals surface area contributed by atoms with Crippen LogP contribution in [0.3, 0.4) is 0 Å². The second-order valence-corrected chi connectivity index (χ2v) is 11.8. The van der Waals surface area contributed by atoms with Gasteiger partial charge in [0.2, 0.25) is 10.0 Å². The number of rotatable bonds is 8. The number of fused-ring (bicyclic) bond motifs is 1. The van der Waals surface area contributed by atoms with Crippen molar-refractivity contribution in [2.45, 2.75) is 64.0 Å². The highest BCUT2D eigenvalue weighted by molar-refractivity contribution is 7.89. The first-order valence-electron chi connectivity index (χ1n) is 12.7. The summed E-state index contributed by atoms with van der Waals surface area (Å²) in [5, 5.41) is 9.72. The summed E-state index contributed by atoms with van der Waals surface area (Å²) >= 11 is 0. The summed E-state index contributed by atoms with van der Waals surface area (Å²) in [5.74, 6) is -1.09. The van der Waals surface area contributed by atoms with E-state index in [1.54, 1.807) is 36.4 Å². The van der Waals surface area contributed by atoms with Crippen molar-refractivity contribution in [1.82, 2.24) is 4.31 Å². The van der Waals surface area contributed by atoms with E-state index in [1.165, 1.54) is 11.2 Å². The Morgan fingerprint density at radius 2 is 1.79 bits per heavy atom. The average molecular weight is 536 g/mol. The Hall–Kier alpha value is -3.49. The summed E-state index contributed by atoms with van der Waals surface area (Å²) in [4.78, 5) is 23.9. The van der Waals surface area contributed by atoms with Gasteiger partial charge >= 0.3 is 5.97 Å². The maximum Gasteiger partial charge on any atom is 0.304 e. The number of carboxylic acids is 1. The Morgan fingerprint density at radius 3 is 2.45 bits per heavy atom. The van der Waals surface area contributed by atoms with Gasteiger partial charge in [-0.15, -0.1) is 0 Å². The number of carboxylic acid groups (broad SMARTS) is 1. The molecule has 0 aromatic heterocycles. The Morgan fingerprint density at radius 1 is 1.05 bits per heavy atom. The number of Topliss-reactive ketones (excluding diaryl/α,β-unsaturated/α-hetero) is 1. The molecule has 200 valence electrons. The molecule has 0 spiro atoms. The van der Waals surface area contributed by atoms with Crippen LogP contribution in [0.4, 0.5) is 0 Å². The molecule has 0 amide bonds. The molecule has 1 heterocycles. The van der Waals surface area contributed by atoms with E-state index in [-0.39, 0.29) is 36.3 Å². The van der Waals surface area contributed by atoms with Crippen molar-refractivity contribution < 1.29 is 27.9 Å². The minimum Gasteiger partial charge on any atom is -0.488 e. The van der Waals surface area contributed by atoms with Gasteiger partial charge in [0.05, 0.1) is 13.0 Å². The number of hydrogen-bond donors (Lipinski definition) is 1. The fraction of sp³-hybridized carbons (Fsp3) is 0.333. The molecule has 0 saturated carbocycles. The number of nitrogens with zero attached hydrogens (tertiary/aromatic N) is 1. The van der Waals surface area contributed by atoms with E-state index in [1.807, 2.05) is 45.0 Å². The van der Waals surface area contributed by atoms with E-state index in [4.69, 9.17) is 4.74 Å². The molecule has 7 nitrogen and oxygen atoms in total. The van der Waals surface area contributed by atoms with Crippen molar-refractivity contribution in [3.8, 4) is 5.75 Å². The lowest BCUT2D eigenvalue weighted by molar-refractivity contribution is -0.137. The third-order valence-electron chi connectivity index (χ3n) is 7.18. The van der Waals surface area contributed by atoms with Crippen molar-refractivity contribution in [2.75, 3.05) is 6.54 Å². The number of para-hydroxylation sites is 1. The molecule has 1 unspecified atom stereocenters. The van der Waals surface area contributed by atoms with Gasteiger partial charge in [0.25, 0.3) is 0 Å². The van der Waals surface area contributed by atoms with Crippen LogP contribution in [0, 0.1) is 13.8 Å². The molecule has 1 aliphatic rings. The van der Waals surface area contributed by atoms with Crippen LogP contribution in [0.15, 0.2) is 65.6 Å². The number of carbonyl (C=O) groups excluding carboxylic acids is 1. The second-order valence-electron chi connectivity index (χ2n) is 9.86. The zero-order chi connectivity index (χ0) is 27.6. The lowest BCUT2D eigenvalue weighted by Gasteiger charge is -2.25. The predicted octanol–water partition coefficient (Wildman–Crippen LogP) is 5.47. The molecule has 0 bridgehead atoms. The maximum atomic E-state index is 13.7. The van der Waals surface area contributed by atoms with Gasteiger partial charge in [-0.05, 0) is 73.2 Å². The van der Waals surface area contributed by atoms with Crippen LogP contribution < -0.4 is 4.74 Å². The van der Waals surface area contributed by atoms with Crippen LogP contribution in [0.2, 0.25) is 0 Å². The van der Waals surface area contributed by atoms with Crippen molar-refractivity contribution >= 4 is 21.8 Å². The monoisotopic (exact) mass is 535 g/mol. The van der Waals surface area contributed by atoms with Crippen molar-refractivity contribution in [3.05, 3.63) is 94.0 Å². The Labute approximate surface area is 224 Å². The molecule has 1 aliphatic heterocycles. The first-order chi connectivity index (χ1) is 18.0. The number of aliphatic carboxylic acids is 1. The fourth-order valence-corrected chi connectivity index (χ4v) is 6.51. The van der Waals surface area contributed by atoms with Gasteiger partial charge in [-0.2, -0.15) is 4.31 Å². The lowest BCUT2D eigenvalue weighted by atomic mass is 9.84. The van der Waals surface area contributed by atoms with Crippen molar-refractivity contribution in [3.63, 3.8) is 0 Å². The average Bonchev–Trinajstić information content (AvgIpc) is 2.97. The molecule has 0 fully saturated rings. The minimum absolute atomic E-state index is 0.0540. The Balaban J connectivity index is 1.75. The molecule has 3 aromatic rings. The van der Waals surface area contributed by atoms with Gasteiger partial charge in [0.1, 0.15) is 16.7 Å². The Kier molecular flexibility index (Phi) is 8.04. The van der Waals surface area contributed by atoms with E-state index in [9.17, 15) is 23.1 Å². The fourth-order valence-electron chi connectivity index (χ4n) is 4.94. The summed E-state index contributed by atoms with van der Waals surface area (Å²) in [5.41, 5.74) is 4.72. The van der Waals surface area contributed by atoms with Crippen LogP contribution >= 0.6 is 0 Å². The highest BCUT2D eigenvalue weighted by atomic mass is 32.2. The number of hydrogen-bond acceptors (Lipinski definition) is 5. The van der Waals surface area contributed by atoms with Crippen LogP contribution in [-0.4, -0.2) is 42.2 Å². The van der Waals surface area contributed by atoms with E-state index in [0.29, 0.717) is 17.7 Å². The maximum absolute atomic E-state index is 13.7. The Bertz CT molecular complexity index is 1480. The van der Waals surface area contributed by atoms with Crippen LogP contribution in [0.5, 0.6) is 5.75 Å². The molecule has 0 aliphatic carbocycles. The van der Waals surface area contributed by atoms with E-state index >= 15 is 0 Å². The van der Waals surface area contributed by atoms with Crippen LogP contribution in [0.25, 0.3) is 0 Å². The second kappa shape index (κ2) is 11.1. The molecule has 38 heavy (non-hydrogen) atoms. The summed E-state index contributed by atoms with van der Waals surface area (Å²) in [6.45, 7) is 7.60. The highest BCUT2D eigenvalue weighted by Crippen LogP contribution is 2.35. The summed E-state index contributed by atoms with van der Waals surface area (Å²) in [6.07, 6.45) is 0.221. The summed E-state index contributed by atoms with van der Waals surface area (Å²) < 4.78 is 34.8. The number of sulfonamides is 1. The number of ether oxygens (including phenoxy) is 1. The smallest absolute Gasteiger partial charge is 0.304 e. The molecule has 0 radical (unpaired) electrons. The minimum atomic E-state index is -3.82. The van der Waals surface area contributed by atoms with E-state index < -0.39 is 21.9 Å². The number of aryl methyl sites for hydroxylation is 2. The van der Waals surface area contributed by atoms with Gasteiger partial charge in [-0.1, -0.05) is 49.4 Å². The molecule has 4 rings (SSSR count). The lowest BCUT2D eigenvalue weighted by Crippen LogP contribution is -2.36. The third-order valence-corrected chi connectivity index (χ3v) is 9.03. The van der Waals surface area contributed by atoms with Crippen molar-refractivity contribution in [2.24, 2.45) is 0 Å². The summed E-state index contributed by atoms with van der Waals surface area (Å²) in [7, 11) is -3.82. The highest BCUT2D eigenvalue weighted by Gasteiger charge is 2.34. The molecular formula is C30H33NO6S. The topological polar surface area (TPSA) is 101 Å². The van der Waals surface area contributed by atoms with E-state index in [0.717, 1.165) is 27.8 Å². The van der Waals surface area contributed by atoms with Gasteiger partial charge in [-0.3, -0.25) is 9.59 Å². The largest absolute Gasteiger partial charge is 0.488 e. The number of ketones is 1. The molecule has 1 N–H and O–H groups in total. The zero-order valence-electron chi connectivity index (χ0n) is 22.1. The summed E-state index contributed by atoms with van der Waals surface area (Å²) in [6, 6.07) is 17.7. The first kappa shape index (κ1) is 27.5. The van der Waals surface area contributed by atoms with Gasteiger partial charge in [0, 0.05) is 18.0 Å². The predicted molar refractivity (Wildman–Crippen MR) is 145 cm³/mol. The SMILES string of the molecule is CC[C@@H]1CN(Cc2cc(C(CC(=O)O)c3ccc(C(C)=O)cc3C)ccc2C)S(=O)(=O)c2ccccc2O1. The first-order valence-corrected chi connectivity index (χ1v) is 14.1. The van der Waals surface area contributed by atoms with Crippen molar-refractivity contribution in [1.29, 1.82) is 0 Å². The van der Waals surface area contributed by atoms with E-state index in [2.05, 4.69) is 0 Å².